The highest BCUT2D eigenvalue weighted by Crippen LogP contribution is 2.68. The summed E-state index contributed by atoms with van der Waals surface area (Å²) in [6.45, 7) is 1.94. The quantitative estimate of drug-likeness (QED) is 0.186. The van der Waals surface area contributed by atoms with Crippen molar-refractivity contribution in [3.05, 3.63) is 182 Å². The third-order valence-corrected chi connectivity index (χ3v) is 19.1. The molecule has 0 aromatic heterocycles. The van der Waals surface area contributed by atoms with Gasteiger partial charge in [0.25, 0.3) is 0 Å². The van der Waals surface area contributed by atoms with E-state index in [1.165, 1.54) is 57.5 Å². The van der Waals surface area contributed by atoms with Gasteiger partial charge in [-0.05, 0) is 112 Å². The second kappa shape index (κ2) is 18.6. The van der Waals surface area contributed by atoms with Gasteiger partial charge in [-0.25, -0.2) is 0 Å². The van der Waals surface area contributed by atoms with E-state index in [0.717, 1.165) is 25.2 Å². The molecule has 0 N–H and O–H groups in total. The van der Waals surface area contributed by atoms with E-state index >= 15 is 0 Å². The molecule has 0 heterocycles. The molecule has 264 valence electrons. The molecule has 2 aliphatic carbocycles. The molecule has 6 heteroatoms. The predicted octanol–water partition coefficient (Wildman–Crippen LogP) is 5.80. The van der Waals surface area contributed by atoms with Crippen molar-refractivity contribution in [2.45, 2.75) is 50.8 Å². The number of carboxylic acid groups (broad SMARTS) is 2. The van der Waals surface area contributed by atoms with Gasteiger partial charge in [-0.15, -0.1) is 0 Å². The van der Waals surface area contributed by atoms with Crippen LogP contribution >= 0.6 is 14.5 Å². The molecule has 2 aliphatic rings. The lowest BCUT2D eigenvalue weighted by molar-refractivity contribution is -0.303. The minimum atomic E-state index is -1.51. The number of carbonyl (C=O) groups excluding carboxylic acids is 2. The number of aliphatic carboxylic acids is 2. The zero-order valence-corrected chi connectivity index (χ0v) is 31.6. The van der Waals surface area contributed by atoms with Crippen LogP contribution in [0.3, 0.4) is 0 Å². The fourth-order valence-electron chi connectivity index (χ4n) is 7.06. The molecule has 0 radical (unpaired) electrons. The van der Waals surface area contributed by atoms with Gasteiger partial charge in [-0.2, -0.15) is 0 Å². The molecule has 0 aliphatic heterocycles. The molecule has 4 nitrogen and oxygen atoms in total. The number of hydrogen-bond donors (Lipinski definition) is 0. The van der Waals surface area contributed by atoms with Gasteiger partial charge in [0, 0.05) is 11.9 Å². The van der Waals surface area contributed by atoms with Crippen LogP contribution in [0.25, 0.3) is 0 Å². The highest BCUT2D eigenvalue weighted by Gasteiger charge is 2.58. The van der Waals surface area contributed by atoms with Crippen LogP contribution in [0.2, 0.25) is 0 Å². The average molecular weight is 725 g/mol. The highest BCUT2D eigenvalue weighted by atomic mass is 31.2. The lowest BCUT2D eigenvalue weighted by Crippen LogP contribution is -2.34. The standard InChI is InChI=1S/2C21H20P.2C2H4O2/c2*1-4-10-18(11-5-1)22(21-16-17-21,19-12-6-2-7-13-19)20-14-8-3-9-15-20;2*1-2(3)4/h2*1-15,21H,16-17H2;2*1H3,(H,3,4)/q2*+1;;/p-2. The van der Waals surface area contributed by atoms with Crippen molar-refractivity contribution in [1.29, 1.82) is 0 Å². The Labute approximate surface area is 309 Å². The fraction of sp³-hybridized carbons (Fsp3) is 0.174. The van der Waals surface area contributed by atoms with E-state index in [1.807, 2.05) is 0 Å². The summed E-state index contributed by atoms with van der Waals surface area (Å²) in [7, 11) is -3.03. The van der Waals surface area contributed by atoms with Crippen LogP contribution in [0.5, 0.6) is 0 Å². The maximum atomic E-state index is 8.89. The van der Waals surface area contributed by atoms with E-state index in [4.69, 9.17) is 19.8 Å². The predicted molar refractivity (Wildman–Crippen MR) is 218 cm³/mol. The fourth-order valence-corrected chi connectivity index (χ4v) is 17.1. The summed E-state index contributed by atoms with van der Waals surface area (Å²) >= 11 is 0. The highest BCUT2D eigenvalue weighted by molar-refractivity contribution is 7.97. The second-order valence-corrected chi connectivity index (χ2v) is 20.4. The van der Waals surface area contributed by atoms with Crippen LogP contribution in [-0.2, 0) is 9.59 Å². The molecule has 2 saturated carbocycles. The zero-order chi connectivity index (χ0) is 36.8. The van der Waals surface area contributed by atoms with Crippen LogP contribution in [0.4, 0.5) is 0 Å². The summed E-state index contributed by atoms with van der Waals surface area (Å²) in [4.78, 5) is 17.8. The first-order valence-electron chi connectivity index (χ1n) is 17.8. The molecule has 0 saturated heterocycles. The number of rotatable bonds is 8. The Morgan fingerprint density at radius 1 is 0.365 bits per heavy atom. The summed E-state index contributed by atoms with van der Waals surface area (Å²) in [6.07, 6.45) is 5.41. The largest absolute Gasteiger partial charge is 0.550 e. The van der Waals surface area contributed by atoms with Gasteiger partial charge in [-0.1, -0.05) is 109 Å². The van der Waals surface area contributed by atoms with E-state index in [9.17, 15) is 0 Å². The summed E-state index contributed by atoms with van der Waals surface area (Å²) < 4.78 is 0. The molecule has 0 spiro atoms. The Bertz CT molecular complexity index is 1600. The zero-order valence-electron chi connectivity index (χ0n) is 29.8. The Morgan fingerprint density at radius 2 is 0.500 bits per heavy atom. The Kier molecular flexibility index (Phi) is 13.7. The van der Waals surface area contributed by atoms with Gasteiger partial charge < -0.3 is 19.8 Å². The summed E-state index contributed by atoms with van der Waals surface area (Å²) in [5, 5.41) is 26.9. The molecule has 0 atom stereocenters. The summed E-state index contributed by atoms with van der Waals surface area (Å²) in [5.74, 6) is -2.17. The Balaban J connectivity index is 0.000000167. The lowest BCUT2D eigenvalue weighted by atomic mass is 10.4. The molecule has 6 aromatic carbocycles. The normalized spacial score (nSPS) is 13.4. The second-order valence-electron chi connectivity index (χ2n) is 12.9. The van der Waals surface area contributed by atoms with Crippen LogP contribution < -0.4 is 42.0 Å². The Morgan fingerprint density at radius 3 is 0.615 bits per heavy atom. The van der Waals surface area contributed by atoms with Gasteiger partial charge in [-0.3, -0.25) is 0 Å². The molecule has 0 bridgehead atoms. The van der Waals surface area contributed by atoms with E-state index in [2.05, 4.69) is 182 Å². The molecular formula is C46H46O4P2. The van der Waals surface area contributed by atoms with Crippen LogP contribution in [0.15, 0.2) is 182 Å². The maximum absolute atomic E-state index is 8.89. The van der Waals surface area contributed by atoms with Gasteiger partial charge in [0.2, 0.25) is 0 Å². The van der Waals surface area contributed by atoms with Crippen molar-refractivity contribution in [1.82, 2.24) is 0 Å². The molecule has 6 aromatic rings. The molecule has 2 fully saturated rings. The number of hydrogen-bond acceptors (Lipinski definition) is 4. The third kappa shape index (κ3) is 9.31. The van der Waals surface area contributed by atoms with Gasteiger partial charge in [0.15, 0.2) is 0 Å². The van der Waals surface area contributed by atoms with Gasteiger partial charge in [0.1, 0.15) is 46.4 Å². The third-order valence-electron chi connectivity index (χ3n) is 9.17. The van der Waals surface area contributed by atoms with E-state index < -0.39 is 26.5 Å². The van der Waals surface area contributed by atoms with E-state index in [1.54, 1.807) is 0 Å². The van der Waals surface area contributed by atoms with Crippen molar-refractivity contribution in [3.63, 3.8) is 0 Å². The van der Waals surface area contributed by atoms with Crippen molar-refractivity contribution < 1.29 is 19.8 Å². The first kappa shape index (κ1) is 38.4. The molecule has 0 amide bonds. The molecule has 52 heavy (non-hydrogen) atoms. The van der Waals surface area contributed by atoms with Gasteiger partial charge >= 0.3 is 0 Å². The van der Waals surface area contributed by atoms with Gasteiger partial charge in [0.05, 0.1) is 11.3 Å². The lowest BCUT2D eigenvalue weighted by Gasteiger charge is -2.27. The first-order valence-corrected chi connectivity index (χ1v) is 21.5. The van der Waals surface area contributed by atoms with Crippen molar-refractivity contribution in [2.75, 3.05) is 0 Å². The number of benzene rings is 6. The van der Waals surface area contributed by atoms with Crippen molar-refractivity contribution >= 4 is 58.3 Å². The minimum Gasteiger partial charge on any atom is -0.550 e. The number of carbonyl (C=O) groups is 2. The van der Waals surface area contributed by atoms with Crippen LogP contribution in [-0.4, -0.2) is 23.3 Å². The summed E-state index contributed by atoms with van der Waals surface area (Å²) in [6, 6.07) is 67.1. The van der Waals surface area contributed by atoms with Crippen molar-refractivity contribution in [2.24, 2.45) is 0 Å². The maximum Gasteiger partial charge on any atom is 0.115 e. The topological polar surface area (TPSA) is 80.3 Å². The average Bonchev–Trinajstić information content (AvgIpc) is 4.12. The number of carboxylic acids is 2. The summed E-state index contributed by atoms with van der Waals surface area (Å²) in [5.41, 5.74) is 1.61. The van der Waals surface area contributed by atoms with Crippen LogP contribution in [0, 0.1) is 0 Å². The first-order chi connectivity index (χ1) is 25.3. The molecule has 0 unspecified atom stereocenters. The van der Waals surface area contributed by atoms with E-state index in [0.29, 0.717) is 0 Å². The van der Waals surface area contributed by atoms with Crippen molar-refractivity contribution in [3.8, 4) is 0 Å². The van der Waals surface area contributed by atoms with E-state index in [-0.39, 0.29) is 0 Å². The monoisotopic (exact) mass is 724 g/mol. The smallest absolute Gasteiger partial charge is 0.115 e. The molecular weight excluding hydrogens is 678 g/mol. The van der Waals surface area contributed by atoms with Crippen LogP contribution in [0.1, 0.15) is 39.5 Å². The SMILES string of the molecule is CC(=O)[O-].CC(=O)[O-].c1ccc([P+](c2ccccc2)(c2ccccc2)C2CC2)cc1.c1ccc([P+](c2ccccc2)(c2ccccc2)C2CC2)cc1. The molecule has 8 rings (SSSR count). The minimum absolute atomic E-state index is 0.805. The Hall–Kier alpha value is -4.88.